The number of benzene rings is 2. The Labute approximate surface area is 217 Å². The summed E-state index contributed by atoms with van der Waals surface area (Å²) < 4.78 is 16.2. The van der Waals surface area contributed by atoms with Crippen molar-refractivity contribution in [2.45, 2.75) is 12.8 Å². The monoisotopic (exact) mass is 522 g/mol. The van der Waals surface area contributed by atoms with Crippen LogP contribution in [0.5, 0.6) is 11.5 Å². The predicted molar refractivity (Wildman–Crippen MR) is 134 cm³/mol. The van der Waals surface area contributed by atoms with E-state index in [2.05, 4.69) is 20.1 Å². The molecule has 0 N–H and O–H groups in total. The number of hydrazone groups is 1. The second kappa shape index (κ2) is 9.74. The van der Waals surface area contributed by atoms with Crippen molar-refractivity contribution in [3.8, 4) is 22.9 Å². The first-order chi connectivity index (χ1) is 18.0. The zero-order valence-corrected chi connectivity index (χ0v) is 20.6. The van der Waals surface area contributed by atoms with E-state index in [0.717, 1.165) is 5.69 Å². The number of carbonyl (C=O) groups is 2. The number of piperazine rings is 1. The maximum atomic E-state index is 13.0. The van der Waals surface area contributed by atoms with Crippen LogP contribution in [0.1, 0.15) is 18.7 Å². The Morgan fingerprint density at radius 2 is 1.76 bits per heavy atom. The van der Waals surface area contributed by atoms with Crippen molar-refractivity contribution in [2.75, 3.05) is 44.4 Å². The standard InChI is InChI=1S/C25H23ClN6O5/c26-17-2-4-18(5-3-17)30-9-11-31(12-10-30)23(34)14-32-22(33)8-6-19(28-32)25-27-24(29-37-25)16-1-7-20-21(13-16)36-15-35-20/h1-5,7,13H,6,8-12,14-15H2. The minimum absolute atomic E-state index is 0.133. The molecule has 3 aliphatic rings. The van der Waals surface area contributed by atoms with E-state index in [9.17, 15) is 9.59 Å². The highest BCUT2D eigenvalue weighted by Gasteiger charge is 2.29. The number of fused-ring (bicyclic) bond motifs is 1. The van der Waals surface area contributed by atoms with Crippen molar-refractivity contribution < 1.29 is 23.6 Å². The average molecular weight is 523 g/mol. The molecular weight excluding hydrogens is 500 g/mol. The molecule has 0 aliphatic carbocycles. The first-order valence-corrected chi connectivity index (χ1v) is 12.3. The highest BCUT2D eigenvalue weighted by atomic mass is 35.5. The Kier molecular flexibility index (Phi) is 6.13. The second-order valence-corrected chi connectivity index (χ2v) is 9.27. The summed E-state index contributed by atoms with van der Waals surface area (Å²) in [5, 5.41) is 10.3. The second-order valence-electron chi connectivity index (χ2n) is 8.83. The van der Waals surface area contributed by atoms with Crippen LogP contribution in [-0.4, -0.2) is 77.1 Å². The van der Waals surface area contributed by atoms with Gasteiger partial charge in [0.2, 0.25) is 24.4 Å². The van der Waals surface area contributed by atoms with Crippen LogP contribution in [0, 0.1) is 0 Å². The maximum absolute atomic E-state index is 13.0. The summed E-state index contributed by atoms with van der Waals surface area (Å²) in [5.41, 5.74) is 2.24. The lowest BCUT2D eigenvalue weighted by molar-refractivity contribution is -0.141. The van der Waals surface area contributed by atoms with Crippen LogP contribution in [0.2, 0.25) is 5.02 Å². The third kappa shape index (κ3) is 4.82. The summed E-state index contributed by atoms with van der Waals surface area (Å²) in [7, 11) is 0. The van der Waals surface area contributed by atoms with Gasteiger partial charge in [-0.15, -0.1) is 0 Å². The third-order valence-electron chi connectivity index (χ3n) is 6.52. The number of aromatic nitrogens is 2. The zero-order valence-electron chi connectivity index (χ0n) is 19.8. The Hall–Kier alpha value is -4.12. The minimum Gasteiger partial charge on any atom is -0.454 e. The van der Waals surface area contributed by atoms with Gasteiger partial charge >= 0.3 is 0 Å². The predicted octanol–water partition coefficient (Wildman–Crippen LogP) is 2.79. The van der Waals surface area contributed by atoms with E-state index in [0.29, 0.717) is 66.2 Å². The van der Waals surface area contributed by atoms with Gasteiger partial charge in [-0.2, -0.15) is 10.1 Å². The number of hydrogen-bond acceptors (Lipinski definition) is 9. The van der Waals surface area contributed by atoms with Crippen LogP contribution in [0.25, 0.3) is 11.4 Å². The van der Waals surface area contributed by atoms with E-state index in [1.807, 2.05) is 30.3 Å². The van der Waals surface area contributed by atoms with E-state index in [1.165, 1.54) is 5.01 Å². The summed E-state index contributed by atoms with van der Waals surface area (Å²) in [5.74, 6) is 1.49. The van der Waals surface area contributed by atoms with Gasteiger partial charge in [0.15, 0.2) is 11.5 Å². The summed E-state index contributed by atoms with van der Waals surface area (Å²) >= 11 is 5.98. The molecule has 12 heteroatoms. The van der Waals surface area contributed by atoms with Gasteiger partial charge in [0.05, 0.1) is 0 Å². The first kappa shape index (κ1) is 23.3. The van der Waals surface area contributed by atoms with Crippen LogP contribution in [0.4, 0.5) is 5.69 Å². The third-order valence-corrected chi connectivity index (χ3v) is 6.77. The number of rotatable bonds is 5. The van der Waals surface area contributed by atoms with Gasteiger partial charge in [0.25, 0.3) is 5.89 Å². The molecule has 0 spiro atoms. The van der Waals surface area contributed by atoms with Crippen molar-refractivity contribution in [3.05, 3.63) is 53.4 Å². The fourth-order valence-corrected chi connectivity index (χ4v) is 4.59. The Morgan fingerprint density at radius 1 is 0.973 bits per heavy atom. The van der Waals surface area contributed by atoms with Crippen molar-refractivity contribution in [1.82, 2.24) is 20.0 Å². The molecule has 2 amide bonds. The molecule has 2 aromatic carbocycles. The van der Waals surface area contributed by atoms with Crippen molar-refractivity contribution >= 4 is 34.8 Å². The molecule has 3 aliphatic heterocycles. The largest absolute Gasteiger partial charge is 0.454 e. The maximum Gasteiger partial charge on any atom is 0.274 e. The summed E-state index contributed by atoms with van der Waals surface area (Å²) in [6.45, 7) is 2.55. The van der Waals surface area contributed by atoms with Crippen LogP contribution in [-0.2, 0) is 9.59 Å². The smallest absolute Gasteiger partial charge is 0.274 e. The average Bonchev–Trinajstić information content (AvgIpc) is 3.60. The molecule has 3 aromatic rings. The molecule has 37 heavy (non-hydrogen) atoms. The molecule has 0 atom stereocenters. The Morgan fingerprint density at radius 3 is 2.57 bits per heavy atom. The number of hydrogen-bond donors (Lipinski definition) is 0. The minimum atomic E-state index is -0.215. The van der Waals surface area contributed by atoms with Gasteiger partial charge in [0.1, 0.15) is 12.3 Å². The van der Waals surface area contributed by atoms with Gasteiger partial charge in [-0.1, -0.05) is 16.8 Å². The van der Waals surface area contributed by atoms with Gasteiger partial charge in [-0.3, -0.25) is 9.59 Å². The number of amides is 2. The lowest BCUT2D eigenvalue weighted by atomic mass is 10.1. The molecule has 4 heterocycles. The molecule has 1 aromatic heterocycles. The topological polar surface area (TPSA) is 114 Å². The van der Waals surface area contributed by atoms with E-state index < -0.39 is 0 Å². The van der Waals surface area contributed by atoms with Crippen molar-refractivity contribution in [3.63, 3.8) is 0 Å². The van der Waals surface area contributed by atoms with Gasteiger partial charge in [-0.25, -0.2) is 5.01 Å². The highest BCUT2D eigenvalue weighted by molar-refractivity contribution is 6.30. The molecular formula is C25H23ClN6O5. The fourth-order valence-electron chi connectivity index (χ4n) is 4.47. The van der Waals surface area contributed by atoms with Crippen molar-refractivity contribution in [1.29, 1.82) is 0 Å². The molecule has 0 saturated carbocycles. The lowest BCUT2D eigenvalue weighted by Gasteiger charge is -2.36. The SMILES string of the molecule is O=C(CN1N=C(c2nc(-c3ccc4c(c3)OCO4)no2)CCC1=O)N1CCN(c2ccc(Cl)cc2)CC1. The number of carbonyl (C=O) groups excluding carboxylic acids is 2. The molecule has 11 nitrogen and oxygen atoms in total. The quantitative estimate of drug-likeness (QED) is 0.502. The molecule has 0 radical (unpaired) electrons. The van der Waals surface area contributed by atoms with Crippen LogP contribution >= 0.6 is 11.6 Å². The van der Waals surface area contributed by atoms with E-state index in [-0.39, 0.29) is 37.5 Å². The molecule has 1 fully saturated rings. The van der Waals surface area contributed by atoms with Crippen LogP contribution in [0.15, 0.2) is 52.1 Å². The highest BCUT2D eigenvalue weighted by Crippen LogP contribution is 2.35. The van der Waals surface area contributed by atoms with E-state index in [1.54, 1.807) is 17.0 Å². The van der Waals surface area contributed by atoms with Gasteiger partial charge in [-0.05, 0) is 42.5 Å². The van der Waals surface area contributed by atoms with Gasteiger partial charge in [0, 0.05) is 55.3 Å². The molecule has 6 rings (SSSR count). The van der Waals surface area contributed by atoms with E-state index in [4.69, 9.17) is 25.6 Å². The first-order valence-electron chi connectivity index (χ1n) is 11.9. The number of halogens is 1. The molecule has 0 unspecified atom stereocenters. The number of anilines is 1. The fraction of sp³-hybridized carbons (Fsp3) is 0.320. The van der Waals surface area contributed by atoms with Crippen LogP contribution < -0.4 is 14.4 Å². The van der Waals surface area contributed by atoms with Gasteiger partial charge < -0.3 is 23.8 Å². The lowest BCUT2D eigenvalue weighted by Crippen LogP contribution is -2.51. The normalized spacial score (nSPS) is 17.3. The molecule has 0 bridgehead atoms. The summed E-state index contributed by atoms with van der Waals surface area (Å²) in [6.07, 6.45) is 0.560. The number of nitrogens with zero attached hydrogens (tertiary/aromatic N) is 6. The molecule has 1 saturated heterocycles. The van der Waals surface area contributed by atoms with E-state index >= 15 is 0 Å². The Bertz CT molecular complexity index is 1370. The number of ether oxygens (including phenoxy) is 2. The molecule has 190 valence electrons. The van der Waals surface area contributed by atoms with Crippen molar-refractivity contribution in [2.24, 2.45) is 5.10 Å². The Balaban J connectivity index is 1.10. The summed E-state index contributed by atoms with van der Waals surface area (Å²) in [4.78, 5) is 33.9. The van der Waals surface area contributed by atoms with Crippen LogP contribution in [0.3, 0.4) is 0 Å². The summed E-state index contributed by atoms with van der Waals surface area (Å²) in [6, 6.07) is 13.0. The zero-order chi connectivity index (χ0) is 25.4.